The summed E-state index contributed by atoms with van der Waals surface area (Å²) in [6, 6.07) is 5.61. The van der Waals surface area contributed by atoms with E-state index in [4.69, 9.17) is 20.9 Å². The molecule has 0 saturated heterocycles. The lowest BCUT2D eigenvalue weighted by Crippen LogP contribution is -2.30. The first-order valence-corrected chi connectivity index (χ1v) is 7.11. The molecule has 2 rings (SSSR count). The zero-order chi connectivity index (χ0) is 17.0. The third-order valence-electron chi connectivity index (χ3n) is 2.93. The van der Waals surface area contributed by atoms with Gasteiger partial charge < -0.3 is 9.26 Å². The van der Waals surface area contributed by atoms with Crippen molar-refractivity contribution in [2.24, 2.45) is 0 Å². The van der Waals surface area contributed by atoms with Crippen molar-refractivity contribution >= 4 is 29.4 Å². The second kappa shape index (κ2) is 7.23. The van der Waals surface area contributed by atoms with Crippen LogP contribution in [0, 0.1) is 12.7 Å². The highest BCUT2D eigenvalue weighted by Gasteiger charge is 2.21. The Balaban J connectivity index is 1.93. The number of aromatic nitrogens is 1. The van der Waals surface area contributed by atoms with Gasteiger partial charge in [0.05, 0.1) is 12.1 Å². The Labute approximate surface area is 136 Å². The molecule has 0 aliphatic carbocycles. The summed E-state index contributed by atoms with van der Waals surface area (Å²) in [5.74, 6) is -1.82. The van der Waals surface area contributed by atoms with Gasteiger partial charge in [-0.25, -0.2) is 4.39 Å². The number of halogens is 2. The second-order valence-corrected chi connectivity index (χ2v) is 5.24. The fourth-order valence-corrected chi connectivity index (χ4v) is 2.01. The van der Waals surface area contributed by atoms with Crippen LogP contribution in [-0.4, -0.2) is 23.1 Å². The molecule has 0 saturated carbocycles. The number of rotatable bonds is 5. The molecule has 0 aliphatic rings. The number of hydrogen-bond acceptors (Lipinski definition) is 5. The highest BCUT2D eigenvalue weighted by molar-refractivity contribution is 6.31. The maximum Gasteiger partial charge on any atom is 0.311 e. The van der Waals surface area contributed by atoms with Gasteiger partial charge in [-0.05, 0) is 26.0 Å². The van der Waals surface area contributed by atoms with Crippen LogP contribution in [0.5, 0.6) is 0 Å². The molecule has 1 aromatic carbocycles. The van der Waals surface area contributed by atoms with Crippen LogP contribution in [0.2, 0.25) is 5.02 Å². The largest absolute Gasteiger partial charge is 0.452 e. The van der Waals surface area contributed by atoms with Crippen molar-refractivity contribution in [3.05, 3.63) is 46.4 Å². The molecule has 1 aromatic heterocycles. The minimum absolute atomic E-state index is 0.0256. The Morgan fingerprint density at radius 3 is 2.83 bits per heavy atom. The van der Waals surface area contributed by atoms with Gasteiger partial charge in [0.15, 0.2) is 6.10 Å². The van der Waals surface area contributed by atoms with Crippen LogP contribution in [0.3, 0.4) is 0 Å². The molecule has 8 heteroatoms. The Morgan fingerprint density at radius 1 is 1.48 bits per heavy atom. The third kappa shape index (κ3) is 4.53. The predicted octanol–water partition coefficient (Wildman–Crippen LogP) is 2.89. The Kier molecular flexibility index (Phi) is 5.33. The molecular weight excluding hydrogens is 327 g/mol. The molecule has 1 amide bonds. The van der Waals surface area contributed by atoms with Crippen molar-refractivity contribution < 1.29 is 23.2 Å². The summed E-state index contributed by atoms with van der Waals surface area (Å²) in [6.07, 6.45) is -1.46. The van der Waals surface area contributed by atoms with E-state index in [9.17, 15) is 14.0 Å². The highest BCUT2D eigenvalue weighted by atomic mass is 35.5. The zero-order valence-electron chi connectivity index (χ0n) is 12.4. The van der Waals surface area contributed by atoms with Gasteiger partial charge in [0, 0.05) is 16.7 Å². The number of anilines is 1. The maximum absolute atomic E-state index is 13.6. The first-order chi connectivity index (χ1) is 10.9. The minimum atomic E-state index is -1.08. The Hall–Kier alpha value is -2.41. The molecular formula is C15H14ClFN2O4. The first kappa shape index (κ1) is 17.0. The molecule has 1 N–H and O–H groups in total. The van der Waals surface area contributed by atoms with E-state index < -0.39 is 23.8 Å². The maximum atomic E-state index is 13.6. The van der Waals surface area contributed by atoms with E-state index in [-0.39, 0.29) is 22.9 Å². The van der Waals surface area contributed by atoms with Crippen LogP contribution < -0.4 is 5.32 Å². The van der Waals surface area contributed by atoms with Crippen molar-refractivity contribution in [1.82, 2.24) is 5.16 Å². The lowest BCUT2D eigenvalue weighted by Gasteiger charge is -2.12. The van der Waals surface area contributed by atoms with E-state index >= 15 is 0 Å². The van der Waals surface area contributed by atoms with Gasteiger partial charge in [-0.3, -0.25) is 14.9 Å². The fraction of sp³-hybridized carbons (Fsp3) is 0.267. The van der Waals surface area contributed by atoms with Gasteiger partial charge in [0.1, 0.15) is 5.82 Å². The first-order valence-electron chi connectivity index (χ1n) is 6.73. The second-order valence-electron chi connectivity index (χ2n) is 4.83. The predicted molar refractivity (Wildman–Crippen MR) is 80.5 cm³/mol. The lowest BCUT2D eigenvalue weighted by atomic mass is 10.1. The Morgan fingerprint density at radius 2 is 2.22 bits per heavy atom. The monoisotopic (exact) mass is 340 g/mol. The third-order valence-corrected chi connectivity index (χ3v) is 3.29. The number of esters is 1. The number of carbonyl (C=O) groups excluding carboxylic acids is 2. The SMILES string of the molecule is Cc1cc(NC(=O)[C@H](C)OC(=O)Cc2c(F)cccc2Cl)on1. The van der Waals surface area contributed by atoms with Crippen LogP contribution in [-0.2, 0) is 20.7 Å². The van der Waals surface area contributed by atoms with Crippen LogP contribution in [0.1, 0.15) is 18.2 Å². The van der Waals surface area contributed by atoms with Crippen LogP contribution in [0.25, 0.3) is 0 Å². The Bertz CT molecular complexity index is 712. The highest BCUT2D eigenvalue weighted by Crippen LogP contribution is 2.20. The number of amides is 1. The molecule has 0 spiro atoms. The van der Waals surface area contributed by atoms with Crippen molar-refractivity contribution in [2.45, 2.75) is 26.4 Å². The number of aryl methyl sites for hydroxylation is 1. The molecule has 23 heavy (non-hydrogen) atoms. The van der Waals surface area contributed by atoms with Crippen molar-refractivity contribution in [3.63, 3.8) is 0 Å². The van der Waals surface area contributed by atoms with Crippen molar-refractivity contribution in [2.75, 3.05) is 5.32 Å². The summed E-state index contributed by atoms with van der Waals surface area (Å²) >= 11 is 5.84. The number of carbonyl (C=O) groups is 2. The van der Waals surface area contributed by atoms with Gasteiger partial charge in [0.2, 0.25) is 5.88 Å². The number of ether oxygens (including phenoxy) is 1. The van der Waals surface area contributed by atoms with Gasteiger partial charge in [0.25, 0.3) is 5.91 Å². The normalized spacial score (nSPS) is 11.8. The van der Waals surface area contributed by atoms with Crippen molar-refractivity contribution in [3.8, 4) is 0 Å². The van der Waals surface area contributed by atoms with Crippen LogP contribution in [0.15, 0.2) is 28.8 Å². The van der Waals surface area contributed by atoms with Crippen molar-refractivity contribution in [1.29, 1.82) is 0 Å². The molecule has 1 atom stereocenters. The summed E-state index contributed by atoms with van der Waals surface area (Å²) in [7, 11) is 0. The topological polar surface area (TPSA) is 81.4 Å². The fourth-order valence-electron chi connectivity index (χ4n) is 1.78. The van der Waals surface area contributed by atoms with Crippen LogP contribution in [0.4, 0.5) is 10.3 Å². The molecule has 6 nitrogen and oxygen atoms in total. The summed E-state index contributed by atoms with van der Waals surface area (Å²) in [5.41, 5.74) is 0.622. The van der Waals surface area contributed by atoms with E-state index in [0.29, 0.717) is 5.69 Å². The van der Waals surface area contributed by atoms with E-state index in [1.807, 2.05) is 0 Å². The van der Waals surface area contributed by atoms with E-state index in [0.717, 1.165) is 0 Å². The molecule has 122 valence electrons. The molecule has 0 radical (unpaired) electrons. The van der Waals surface area contributed by atoms with Crippen LogP contribution >= 0.6 is 11.6 Å². The molecule has 1 heterocycles. The zero-order valence-corrected chi connectivity index (χ0v) is 13.2. The lowest BCUT2D eigenvalue weighted by molar-refractivity contribution is -0.152. The molecule has 0 unspecified atom stereocenters. The smallest absolute Gasteiger partial charge is 0.311 e. The number of hydrogen-bond donors (Lipinski definition) is 1. The number of nitrogens with one attached hydrogen (secondary N) is 1. The average molecular weight is 341 g/mol. The summed E-state index contributed by atoms with van der Waals surface area (Å²) in [5, 5.41) is 6.14. The molecule has 0 aliphatic heterocycles. The summed E-state index contributed by atoms with van der Waals surface area (Å²) < 4.78 is 23.4. The summed E-state index contributed by atoms with van der Waals surface area (Å²) in [4.78, 5) is 23.7. The van der Waals surface area contributed by atoms with E-state index in [1.54, 1.807) is 6.92 Å². The van der Waals surface area contributed by atoms with Gasteiger partial charge in [-0.2, -0.15) is 0 Å². The average Bonchev–Trinajstić information content (AvgIpc) is 2.88. The standard InChI is InChI=1S/C15H14ClFN2O4/c1-8-6-13(23-19-8)18-15(21)9(2)22-14(20)7-10-11(16)4-3-5-12(10)17/h3-6,9H,7H2,1-2H3,(H,18,21)/t9-/m0/s1. The van der Waals surface area contributed by atoms with Gasteiger partial charge >= 0.3 is 5.97 Å². The van der Waals surface area contributed by atoms with E-state index in [2.05, 4.69) is 10.5 Å². The molecule has 0 fully saturated rings. The summed E-state index contributed by atoms with van der Waals surface area (Å²) in [6.45, 7) is 3.08. The number of benzene rings is 1. The quantitative estimate of drug-likeness (QED) is 0.846. The van der Waals surface area contributed by atoms with E-state index in [1.165, 1.54) is 31.2 Å². The minimum Gasteiger partial charge on any atom is -0.452 e. The molecule has 0 bridgehead atoms. The van der Waals surface area contributed by atoms with Gasteiger partial charge in [-0.15, -0.1) is 0 Å². The molecule has 2 aromatic rings. The number of nitrogens with zero attached hydrogens (tertiary/aromatic N) is 1. The van der Waals surface area contributed by atoms with Gasteiger partial charge in [-0.1, -0.05) is 22.8 Å².